The van der Waals surface area contributed by atoms with Gasteiger partial charge in [-0.2, -0.15) is 0 Å². The first-order chi connectivity index (χ1) is 18.6. The molecule has 0 unspecified atom stereocenters. The summed E-state index contributed by atoms with van der Waals surface area (Å²) < 4.78 is 31.0. The van der Waals surface area contributed by atoms with Crippen LogP contribution in [-0.2, 0) is 21.1 Å². The van der Waals surface area contributed by atoms with Gasteiger partial charge < -0.3 is 10.1 Å². The Morgan fingerprint density at radius 3 is 2.44 bits per heavy atom. The van der Waals surface area contributed by atoms with E-state index in [1.54, 1.807) is 50.4 Å². The van der Waals surface area contributed by atoms with Crippen LogP contribution in [0.4, 0.5) is 11.5 Å². The van der Waals surface area contributed by atoms with Crippen LogP contribution >= 0.6 is 11.6 Å². The lowest BCUT2D eigenvalue weighted by Crippen LogP contribution is -2.45. The Morgan fingerprint density at radius 1 is 1.05 bits per heavy atom. The number of morpholine rings is 1. The Hall–Kier alpha value is -3.11. The first-order valence-electron chi connectivity index (χ1n) is 13.0. The van der Waals surface area contributed by atoms with Crippen LogP contribution in [0.5, 0.6) is 0 Å². The van der Waals surface area contributed by atoms with Gasteiger partial charge in [0.2, 0.25) is 0 Å². The van der Waals surface area contributed by atoms with Crippen LogP contribution < -0.4 is 5.32 Å². The van der Waals surface area contributed by atoms with E-state index in [1.165, 1.54) is 0 Å². The number of fused-ring (bicyclic) bond motifs is 1. The maximum absolute atomic E-state index is 12.6. The average molecular weight is 566 g/mol. The lowest BCUT2D eigenvalue weighted by molar-refractivity contribution is -0.0710. The summed E-state index contributed by atoms with van der Waals surface area (Å²) in [6.45, 7) is 9.67. The number of aromatic nitrogens is 3. The molecule has 39 heavy (non-hydrogen) atoms. The van der Waals surface area contributed by atoms with Crippen molar-refractivity contribution >= 4 is 43.8 Å². The molecule has 4 aromatic rings. The Labute approximate surface area is 234 Å². The van der Waals surface area contributed by atoms with Gasteiger partial charge in [0, 0.05) is 35.9 Å². The number of rotatable bonds is 7. The average Bonchev–Trinajstić information content (AvgIpc) is 2.88. The van der Waals surface area contributed by atoms with Gasteiger partial charge in [-0.05, 0) is 76.2 Å². The Balaban J connectivity index is 1.53. The molecular formula is C29H32ClN5O3S. The van der Waals surface area contributed by atoms with Gasteiger partial charge in [0.1, 0.15) is 11.6 Å². The number of hydrogen-bond donors (Lipinski definition) is 1. The molecule has 2 aromatic carbocycles. The molecule has 204 valence electrons. The fourth-order valence-electron chi connectivity index (χ4n) is 4.84. The van der Waals surface area contributed by atoms with Crippen molar-refractivity contribution < 1.29 is 13.2 Å². The predicted octanol–water partition coefficient (Wildman–Crippen LogP) is 5.88. The fourth-order valence-corrected chi connectivity index (χ4v) is 6.13. The molecule has 5 rings (SSSR count). The summed E-state index contributed by atoms with van der Waals surface area (Å²) in [4.78, 5) is 16.9. The van der Waals surface area contributed by atoms with Gasteiger partial charge in [-0.1, -0.05) is 17.7 Å². The Morgan fingerprint density at radius 2 is 1.77 bits per heavy atom. The van der Waals surface area contributed by atoms with Gasteiger partial charge in [-0.15, -0.1) is 0 Å². The van der Waals surface area contributed by atoms with E-state index in [2.05, 4.69) is 29.0 Å². The smallest absolute Gasteiger partial charge is 0.180 e. The fraction of sp³-hybridized carbons (Fsp3) is 0.345. The van der Waals surface area contributed by atoms with Crippen LogP contribution in [0.15, 0.2) is 65.7 Å². The van der Waals surface area contributed by atoms with E-state index >= 15 is 0 Å². The molecule has 1 aliphatic rings. The monoisotopic (exact) mass is 565 g/mol. The van der Waals surface area contributed by atoms with Gasteiger partial charge in [0.25, 0.3) is 0 Å². The number of hydrogen-bond acceptors (Lipinski definition) is 8. The number of halogens is 1. The highest BCUT2D eigenvalue weighted by molar-refractivity contribution is 7.92. The van der Waals surface area contributed by atoms with E-state index in [1.807, 2.05) is 24.3 Å². The van der Waals surface area contributed by atoms with Crippen molar-refractivity contribution in [2.75, 3.05) is 18.4 Å². The second-order valence-electron chi connectivity index (χ2n) is 10.2. The number of nitrogens with zero attached hydrogens (tertiary/aromatic N) is 4. The van der Waals surface area contributed by atoms with Crippen molar-refractivity contribution in [3.63, 3.8) is 0 Å². The summed E-state index contributed by atoms with van der Waals surface area (Å²) in [5.74, 6) is 1.32. The predicted molar refractivity (Wildman–Crippen MR) is 155 cm³/mol. The number of nitrogens with one attached hydrogen (secondary N) is 1. The van der Waals surface area contributed by atoms with Crippen molar-refractivity contribution in [2.45, 2.75) is 56.6 Å². The van der Waals surface area contributed by atoms with Gasteiger partial charge in [0.05, 0.1) is 45.1 Å². The topological polar surface area (TPSA) is 97.3 Å². The summed E-state index contributed by atoms with van der Waals surface area (Å²) in [5, 5.41) is 4.30. The second kappa shape index (κ2) is 11.2. The molecule has 1 N–H and O–H groups in total. The minimum atomic E-state index is -3.35. The van der Waals surface area contributed by atoms with Crippen LogP contribution in [0, 0.1) is 0 Å². The zero-order valence-electron chi connectivity index (χ0n) is 22.4. The van der Waals surface area contributed by atoms with Crippen molar-refractivity contribution in [3.8, 4) is 11.3 Å². The first kappa shape index (κ1) is 27.5. The zero-order chi connectivity index (χ0) is 27.7. The molecule has 1 saturated heterocycles. The molecule has 0 saturated carbocycles. The molecule has 10 heteroatoms. The minimum absolute atomic E-state index is 0.130. The maximum atomic E-state index is 12.6. The van der Waals surface area contributed by atoms with Gasteiger partial charge >= 0.3 is 0 Å². The zero-order valence-corrected chi connectivity index (χ0v) is 24.0. The molecule has 0 radical (unpaired) electrons. The highest BCUT2D eigenvalue weighted by Gasteiger charge is 2.24. The maximum Gasteiger partial charge on any atom is 0.180 e. The van der Waals surface area contributed by atoms with Crippen molar-refractivity contribution in [1.29, 1.82) is 0 Å². The number of sulfone groups is 1. The molecule has 0 spiro atoms. The summed E-state index contributed by atoms with van der Waals surface area (Å²) in [6, 6.07) is 16.3. The Bertz CT molecular complexity index is 1580. The van der Waals surface area contributed by atoms with E-state index in [-0.39, 0.29) is 12.2 Å². The number of ether oxygens (including phenoxy) is 1. The molecular weight excluding hydrogens is 534 g/mol. The van der Waals surface area contributed by atoms with Crippen LogP contribution in [0.25, 0.3) is 22.2 Å². The molecule has 2 atom stereocenters. The summed E-state index contributed by atoms with van der Waals surface area (Å²) in [7, 11) is -3.35. The summed E-state index contributed by atoms with van der Waals surface area (Å²) in [6.07, 6.45) is 1.98. The van der Waals surface area contributed by atoms with Gasteiger partial charge in [-0.25, -0.2) is 18.4 Å². The highest BCUT2D eigenvalue weighted by atomic mass is 35.5. The summed E-state index contributed by atoms with van der Waals surface area (Å²) in [5.41, 5.74) is 3.04. The van der Waals surface area contributed by atoms with E-state index in [4.69, 9.17) is 26.3 Å². The second-order valence-corrected chi connectivity index (χ2v) is 13.2. The molecule has 0 bridgehead atoms. The van der Waals surface area contributed by atoms with Crippen LogP contribution in [-0.4, -0.2) is 58.8 Å². The highest BCUT2D eigenvalue weighted by Crippen LogP contribution is 2.31. The van der Waals surface area contributed by atoms with Crippen LogP contribution in [0.1, 0.15) is 33.5 Å². The standard InChI is InChI=1S/C29H32ClN5O3S/c1-18(2)39(36,37)23-10-8-22(9-11-23)32-29-24-12-7-21(28-25(30)6-5-13-31-28)14-26(24)33-27(34-29)17-35-15-19(3)38-20(4)16-35/h5-14,18-20H,15-17H2,1-4H3,(H,32,33,34)/t19-,20-/m1/s1. The van der Waals surface area contributed by atoms with Gasteiger partial charge in [0.15, 0.2) is 9.84 Å². The molecule has 1 aliphatic heterocycles. The van der Waals surface area contributed by atoms with Crippen LogP contribution in [0.3, 0.4) is 0 Å². The molecule has 8 nitrogen and oxygen atoms in total. The molecule has 0 amide bonds. The third kappa shape index (κ3) is 6.06. The van der Waals surface area contributed by atoms with E-state index in [0.717, 1.165) is 35.2 Å². The SMILES string of the molecule is CC(C)S(=O)(=O)c1ccc(Nc2nc(CN3C[C@@H](C)O[C@H](C)C3)nc3cc(-c4ncccc4Cl)ccc23)cc1. The minimum Gasteiger partial charge on any atom is -0.373 e. The lowest BCUT2D eigenvalue weighted by atomic mass is 10.1. The number of benzene rings is 2. The number of pyridine rings is 1. The van der Waals surface area contributed by atoms with Crippen molar-refractivity contribution in [1.82, 2.24) is 19.9 Å². The third-order valence-electron chi connectivity index (χ3n) is 6.70. The van der Waals surface area contributed by atoms with E-state index < -0.39 is 15.1 Å². The number of anilines is 2. The normalized spacial score (nSPS) is 18.5. The van der Waals surface area contributed by atoms with Crippen molar-refractivity contribution in [3.05, 3.63) is 71.6 Å². The van der Waals surface area contributed by atoms with Gasteiger partial charge in [-0.3, -0.25) is 9.88 Å². The van der Waals surface area contributed by atoms with E-state index in [9.17, 15) is 8.42 Å². The molecule has 0 aliphatic carbocycles. The third-order valence-corrected chi connectivity index (χ3v) is 9.18. The Kier molecular flexibility index (Phi) is 7.87. The van der Waals surface area contributed by atoms with E-state index in [0.29, 0.717) is 33.8 Å². The molecule has 2 aromatic heterocycles. The lowest BCUT2D eigenvalue weighted by Gasteiger charge is -2.34. The van der Waals surface area contributed by atoms with Crippen LogP contribution in [0.2, 0.25) is 5.02 Å². The molecule has 3 heterocycles. The first-order valence-corrected chi connectivity index (χ1v) is 14.9. The largest absolute Gasteiger partial charge is 0.373 e. The summed E-state index contributed by atoms with van der Waals surface area (Å²) >= 11 is 6.43. The molecule has 1 fully saturated rings. The van der Waals surface area contributed by atoms with Crippen molar-refractivity contribution in [2.24, 2.45) is 0 Å². The quantitative estimate of drug-likeness (QED) is 0.297.